The summed E-state index contributed by atoms with van der Waals surface area (Å²) in [6.45, 7) is 12.7. The predicted molar refractivity (Wildman–Crippen MR) is 94.2 cm³/mol. The van der Waals surface area contributed by atoms with Crippen molar-refractivity contribution in [2.24, 2.45) is 0 Å². The Morgan fingerprint density at radius 1 is 1.12 bits per heavy atom. The Hall–Kier alpha value is -2.36. The Balaban J connectivity index is 2.54. The first-order valence-electron chi connectivity index (χ1n) is 8.14. The third-order valence-corrected chi connectivity index (χ3v) is 4.71. The molecule has 0 aliphatic carbocycles. The average Bonchev–Trinajstić information content (AvgIpc) is 2.55. The van der Waals surface area contributed by atoms with E-state index in [0.717, 1.165) is 5.56 Å². The minimum Gasteiger partial charge on any atom is -0.447 e. The van der Waals surface area contributed by atoms with E-state index in [1.54, 1.807) is 30.9 Å². The molecule has 0 spiro atoms. The standard InChI is InChI=1S/C20H25NO3/c1-6-13-19(4)18(23)24-20(5,14-7-2)17(22)21(19)15(3)16-11-9-8-10-12-16/h6-12,15H,1-2,13-14H2,3-5H3/t15-,19+,20-/m0/s1. The second-order valence-electron chi connectivity index (χ2n) is 6.64. The fourth-order valence-electron chi connectivity index (χ4n) is 3.29. The minimum absolute atomic E-state index is 0.206. The number of carbonyl (C=O) groups is 2. The maximum atomic E-state index is 13.3. The number of hydrogen-bond donors (Lipinski definition) is 0. The molecular weight excluding hydrogens is 302 g/mol. The van der Waals surface area contributed by atoms with Crippen molar-refractivity contribution in [2.75, 3.05) is 0 Å². The van der Waals surface area contributed by atoms with E-state index in [0.29, 0.717) is 6.42 Å². The first-order valence-corrected chi connectivity index (χ1v) is 8.14. The van der Waals surface area contributed by atoms with E-state index in [4.69, 9.17) is 4.74 Å². The maximum Gasteiger partial charge on any atom is 0.333 e. The molecule has 2 rings (SSSR count). The highest BCUT2D eigenvalue weighted by atomic mass is 16.6. The van der Waals surface area contributed by atoms with Crippen molar-refractivity contribution in [3.8, 4) is 0 Å². The molecule has 0 saturated carbocycles. The van der Waals surface area contributed by atoms with Crippen LogP contribution < -0.4 is 0 Å². The quantitative estimate of drug-likeness (QED) is 0.590. The summed E-state index contributed by atoms with van der Waals surface area (Å²) in [4.78, 5) is 27.7. The van der Waals surface area contributed by atoms with Crippen LogP contribution in [0.2, 0.25) is 0 Å². The third kappa shape index (κ3) is 2.88. The van der Waals surface area contributed by atoms with E-state index in [-0.39, 0.29) is 18.4 Å². The van der Waals surface area contributed by atoms with Gasteiger partial charge < -0.3 is 9.64 Å². The summed E-state index contributed by atoms with van der Waals surface area (Å²) in [5, 5.41) is 0. The van der Waals surface area contributed by atoms with E-state index in [9.17, 15) is 9.59 Å². The number of hydrogen-bond acceptors (Lipinski definition) is 3. The van der Waals surface area contributed by atoms with Gasteiger partial charge in [-0.05, 0) is 32.8 Å². The number of ether oxygens (including phenoxy) is 1. The maximum absolute atomic E-state index is 13.3. The molecule has 4 nitrogen and oxygen atoms in total. The Bertz CT molecular complexity index is 654. The van der Waals surface area contributed by atoms with E-state index in [2.05, 4.69) is 13.2 Å². The molecule has 0 aromatic heterocycles. The zero-order valence-electron chi connectivity index (χ0n) is 14.6. The van der Waals surface area contributed by atoms with Crippen molar-refractivity contribution in [1.29, 1.82) is 0 Å². The van der Waals surface area contributed by atoms with Crippen molar-refractivity contribution in [1.82, 2.24) is 4.90 Å². The zero-order chi connectivity index (χ0) is 18.0. The summed E-state index contributed by atoms with van der Waals surface area (Å²) in [6.07, 6.45) is 3.86. The van der Waals surface area contributed by atoms with E-state index in [1.165, 1.54) is 0 Å². The summed E-state index contributed by atoms with van der Waals surface area (Å²) in [7, 11) is 0. The van der Waals surface area contributed by atoms with Crippen LogP contribution in [0.15, 0.2) is 55.6 Å². The van der Waals surface area contributed by atoms with Crippen LogP contribution in [-0.4, -0.2) is 27.9 Å². The van der Waals surface area contributed by atoms with E-state index < -0.39 is 17.1 Å². The Labute approximate surface area is 143 Å². The van der Waals surface area contributed by atoms with Crippen LogP contribution in [0.4, 0.5) is 0 Å². The lowest BCUT2D eigenvalue weighted by Crippen LogP contribution is -2.68. The van der Waals surface area contributed by atoms with Crippen molar-refractivity contribution < 1.29 is 14.3 Å². The van der Waals surface area contributed by atoms with Crippen molar-refractivity contribution in [3.05, 3.63) is 61.2 Å². The minimum atomic E-state index is -1.22. The molecule has 128 valence electrons. The van der Waals surface area contributed by atoms with Gasteiger partial charge in [0.25, 0.3) is 5.91 Å². The van der Waals surface area contributed by atoms with Crippen LogP contribution in [0.3, 0.4) is 0 Å². The number of amides is 1. The van der Waals surface area contributed by atoms with Crippen molar-refractivity contribution in [2.45, 2.75) is 50.8 Å². The molecule has 0 unspecified atom stereocenters. The fourth-order valence-corrected chi connectivity index (χ4v) is 3.29. The monoisotopic (exact) mass is 327 g/mol. The van der Waals surface area contributed by atoms with Gasteiger partial charge in [-0.3, -0.25) is 4.79 Å². The number of rotatable bonds is 6. The summed E-state index contributed by atoms with van der Waals surface area (Å²) in [5.74, 6) is -0.614. The molecule has 1 aliphatic rings. The second kappa shape index (κ2) is 6.63. The Morgan fingerprint density at radius 2 is 1.71 bits per heavy atom. The van der Waals surface area contributed by atoms with Gasteiger partial charge in [-0.25, -0.2) is 4.79 Å². The molecule has 4 heteroatoms. The topological polar surface area (TPSA) is 46.6 Å². The lowest BCUT2D eigenvalue weighted by Gasteiger charge is -2.51. The molecule has 24 heavy (non-hydrogen) atoms. The van der Waals surface area contributed by atoms with Crippen molar-refractivity contribution >= 4 is 11.9 Å². The van der Waals surface area contributed by atoms with Gasteiger partial charge in [-0.1, -0.05) is 42.5 Å². The number of cyclic esters (lactones) is 1. The molecular formula is C20H25NO3. The van der Waals surface area contributed by atoms with Gasteiger partial charge in [-0.15, -0.1) is 13.2 Å². The molecule has 0 radical (unpaired) electrons. The summed E-state index contributed by atoms with van der Waals surface area (Å²) in [6, 6.07) is 9.42. The normalized spacial score (nSPS) is 28.2. The number of carbonyl (C=O) groups excluding carboxylic acids is 2. The Morgan fingerprint density at radius 3 is 2.25 bits per heavy atom. The van der Waals surface area contributed by atoms with Crippen LogP contribution in [0, 0.1) is 0 Å². The number of benzene rings is 1. The van der Waals surface area contributed by atoms with Crippen LogP contribution >= 0.6 is 0 Å². The highest BCUT2D eigenvalue weighted by Crippen LogP contribution is 2.40. The molecule has 1 saturated heterocycles. The molecule has 1 amide bonds. The van der Waals surface area contributed by atoms with Crippen LogP contribution in [-0.2, 0) is 14.3 Å². The van der Waals surface area contributed by atoms with Gasteiger partial charge in [0.1, 0.15) is 5.54 Å². The van der Waals surface area contributed by atoms with Gasteiger partial charge in [0, 0.05) is 6.42 Å². The van der Waals surface area contributed by atoms with Gasteiger partial charge in [0.05, 0.1) is 6.04 Å². The highest BCUT2D eigenvalue weighted by molar-refractivity contribution is 5.98. The molecule has 1 aliphatic heterocycles. The predicted octanol–water partition coefficient (Wildman–Crippen LogP) is 3.80. The van der Waals surface area contributed by atoms with Gasteiger partial charge in [0.15, 0.2) is 5.60 Å². The Kier molecular flexibility index (Phi) is 4.97. The average molecular weight is 327 g/mol. The smallest absolute Gasteiger partial charge is 0.333 e. The molecule has 0 bridgehead atoms. The lowest BCUT2D eigenvalue weighted by atomic mass is 9.85. The van der Waals surface area contributed by atoms with Gasteiger partial charge in [-0.2, -0.15) is 0 Å². The molecule has 1 heterocycles. The zero-order valence-corrected chi connectivity index (χ0v) is 14.6. The number of nitrogens with zero attached hydrogens (tertiary/aromatic N) is 1. The first-order chi connectivity index (χ1) is 11.3. The van der Waals surface area contributed by atoms with Crippen LogP contribution in [0.1, 0.15) is 45.2 Å². The first kappa shape index (κ1) is 18.0. The second-order valence-corrected chi connectivity index (χ2v) is 6.64. The van der Waals surface area contributed by atoms with Crippen LogP contribution in [0.25, 0.3) is 0 Å². The summed E-state index contributed by atoms with van der Waals surface area (Å²) >= 11 is 0. The largest absolute Gasteiger partial charge is 0.447 e. The molecule has 1 fully saturated rings. The van der Waals surface area contributed by atoms with Gasteiger partial charge in [0.2, 0.25) is 0 Å². The van der Waals surface area contributed by atoms with Crippen molar-refractivity contribution in [3.63, 3.8) is 0 Å². The lowest BCUT2D eigenvalue weighted by molar-refractivity contribution is -0.203. The number of morpholine rings is 1. The highest BCUT2D eigenvalue weighted by Gasteiger charge is 2.57. The van der Waals surface area contributed by atoms with E-state index >= 15 is 0 Å². The third-order valence-electron chi connectivity index (χ3n) is 4.71. The van der Waals surface area contributed by atoms with E-state index in [1.807, 2.05) is 37.3 Å². The van der Waals surface area contributed by atoms with Crippen LogP contribution in [0.5, 0.6) is 0 Å². The molecule has 0 N–H and O–H groups in total. The summed E-state index contributed by atoms with van der Waals surface area (Å²) < 4.78 is 5.56. The molecule has 1 aromatic rings. The SMILES string of the molecule is C=CC[C@]1(C)OC(=O)[C@@](C)(CC=C)N([C@@H](C)c2ccccc2)C1=O. The van der Waals surface area contributed by atoms with Gasteiger partial charge >= 0.3 is 5.97 Å². The molecule has 1 aromatic carbocycles. The fraction of sp³-hybridized carbons (Fsp3) is 0.400. The molecule has 3 atom stereocenters. The summed E-state index contributed by atoms with van der Waals surface area (Å²) in [5.41, 5.74) is -1.33. The number of esters is 1.